The van der Waals surface area contributed by atoms with Gasteiger partial charge in [0.25, 0.3) is 0 Å². The first-order chi connectivity index (χ1) is 16.8. The average Bonchev–Trinajstić information content (AvgIpc) is 2.83. The van der Waals surface area contributed by atoms with Crippen LogP contribution in [0.15, 0.2) is 72.8 Å². The number of hydrogen-bond donors (Lipinski definition) is 0. The molecule has 196 valence electrons. The minimum Gasteiger partial charge on any atom is -0.673 e. The van der Waals surface area contributed by atoms with Crippen molar-refractivity contribution in [3.05, 3.63) is 138 Å². The summed E-state index contributed by atoms with van der Waals surface area (Å²) < 4.78 is 0. The van der Waals surface area contributed by atoms with E-state index in [4.69, 9.17) is 10.3 Å². The van der Waals surface area contributed by atoms with Crippen LogP contribution in [0.1, 0.15) is 84.6 Å². The maximum Gasteiger partial charge on any atom is 4.00 e. The first-order valence-electron chi connectivity index (χ1n) is 12.6. The van der Waals surface area contributed by atoms with E-state index < -0.39 is 0 Å². The topological polar surface area (TPSA) is 27.0 Å². The van der Waals surface area contributed by atoms with E-state index in [9.17, 15) is 0 Å². The molecular weight excluding hydrogens is 627 g/mol. The molecule has 3 aromatic carbocycles. The van der Waals surface area contributed by atoms with Crippen LogP contribution in [0.5, 0.6) is 0 Å². The maximum atomic E-state index is 5.55. The summed E-state index contributed by atoms with van der Waals surface area (Å²) in [5.41, 5.74) is 11.6. The van der Waals surface area contributed by atoms with Crippen LogP contribution in [-0.4, -0.2) is 4.98 Å². The molecule has 3 heteroatoms. The van der Waals surface area contributed by atoms with Crippen molar-refractivity contribution in [2.45, 2.75) is 66.3 Å². The van der Waals surface area contributed by atoms with E-state index in [0.717, 1.165) is 22.6 Å². The minimum atomic E-state index is -0.198. The molecule has 4 rings (SSSR count). The molecule has 0 saturated carbocycles. The molecule has 0 aliphatic heterocycles. The number of aryl methyl sites for hydroxylation is 3. The van der Waals surface area contributed by atoms with Gasteiger partial charge in [-0.05, 0) is 61.5 Å². The fourth-order valence-corrected chi connectivity index (χ4v) is 5.00. The van der Waals surface area contributed by atoms with Crippen molar-refractivity contribution in [1.82, 2.24) is 4.98 Å². The van der Waals surface area contributed by atoms with E-state index in [2.05, 4.69) is 109 Å². The van der Waals surface area contributed by atoms with Crippen LogP contribution in [0.3, 0.4) is 0 Å². The number of benzene rings is 3. The summed E-state index contributed by atoms with van der Waals surface area (Å²) in [6.45, 7) is 15.6. The van der Waals surface area contributed by atoms with Gasteiger partial charge in [0.15, 0.2) is 0 Å². The van der Waals surface area contributed by atoms with Crippen LogP contribution in [0, 0.1) is 41.7 Å². The molecule has 0 spiro atoms. The zero-order valence-corrected chi connectivity index (χ0v) is 28.1. The van der Waals surface area contributed by atoms with Gasteiger partial charge in [-0.2, -0.15) is 0 Å². The third-order valence-corrected chi connectivity index (χ3v) is 6.65. The van der Waals surface area contributed by atoms with E-state index in [0.29, 0.717) is 11.8 Å². The van der Waals surface area contributed by atoms with Gasteiger partial charge in [-0.3, -0.25) is 0 Å². The van der Waals surface area contributed by atoms with Crippen LogP contribution >= 0.6 is 0 Å². The van der Waals surface area contributed by atoms with Gasteiger partial charge in [-0.25, -0.2) is 0 Å². The van der Waals surface area contributed by atoms with Crippen LogP contribution in [-0.2, 0) is 25.8 Å². The molecule has 1 unspecified atom stereocenters. The Morgan fingerprint density at radius 3 is 1.84 bits per heavy atom. The van der Waals surface area contributed by atoms with Crippen molar-refractivity contribution in [2.75, 3.05) is 0 Å². The molecular formula is C35H42HfN2. The zero-order chi connectivity index (χ0) is 25.1. The van der Waals surface area contributed by atoms with Gasteiger partial charge in [0.05, 0.1) is 0 Å². The quantitative estimate of drug-likeness (QED) is 0.142. The smallest absolute Gasteiger partial charge is 0.673 e. The summed E-state index contributed by atoms with van der Waals surface area (Å²) in [5.74, 6) is 0.762. The molecule has 1 heterocycles. The van der Waals surface area contributed by atoms with E-state index in [1.165, 1.54) is 33.4 Å². The molecule has 2 nitrogen and oxygen atoms in total. The average molecular weight is 669 g/mol. The molecule has 0 N–H and O–H groups in total. The fraction of sp³-hybridized carbons (Fsp3) is 0.286. The van der Waals surface area contributed by atoms with Crippen LogP contribution in [0.2, 0.25) is 0 Å². The van der Waals surface area contributed by atoms with Gasteiger partial charge in [0.1, 0.15) is 0 Å². The Balaban J connectivity index is 0.00000241. The summed E-state index contributed by atoms with van der Waals surface area (Å²) in [7, 11) is 0. The molecule has 0 bridgehead atoms. The third kappa shape index (κ3) is 7.32. The zero-order valence-electron chi connectivity index (χ0n) is 24.6. The van der Waals surface area contributed by atoms with Gasteiger partial charge in [0, 0.05) is 5.69 Å². The van der Waals surface area contributed by atoms with E-state index in [1.807, 2.05) is 18.2 Å². The first kappa shape index (κ1) is 33.5. The van der Waals surface area contributed by atoms with Crippen LogP contribution in [0.25, 0.3) is 16.6 Å². The summed E-state index contributed by atoms with van der Waals surface area (Å²) in [5, 5.41) is 5.55. The van der Waals surface area contributed by atoms with Crippen molar-refractivity contribution in [2.24, 2.45) is 0 Å². The van der Waals surface area contributed by atoms with Crippen LogP contribution in [0.4, 0.5) is 5.69 Å². The van der Waals surface area contributed by atoms with Crippen LogP contribution < -0.4 is 0 Å². The fourth-order valence-electron chi connectivity index (χ4n) is 5.00. The number of rotatable bonds is 7. The Bertz CT molecular complexity index is 1260. The molecule has 1 atom stereocenters. The molecule has 38 heavy (non-hydrogen) atoms. The van der Waals surface area contributed by atoms with Crippen molar-refractivity contribution < 1.29 is 25.8 Å². The number of nitrogens with zero attached hydrogens (tertiary/aromatic N) is 2. The van der Waals surface area contributed by atoms with Gasteiger partial charge in [-0.1, -0.05) is 92.4 Å². The second-order valence-electron chi connectivity index (χ2n) is 10.2. The number of para-hydroxylation sites is 1. The monoisotopic (exact) mass is 670 g/mol. The van der Waals surface area contributed by atoms with Gasteiger partial charge < -0.3 is 25.2 Å². The second kappa shape index (κ2) is 14.6. The third-order valence-electron chi connectivity index (χ3n) is 6.65. The van der Waals surface area contributed by atoms with Crippen molar-refractivity contribution in [1.29, 1.82) is 0 Å². The normalized spacial score (nSPS) is 11.3. The maximum absolute atomic E-state index is 5.55. The molecule has 0 saturated heterocycles. The Hall–Kier alpha value is -2.52. The Morgan fingerprint density at radius 1 is 0.737 bits per heavy atom. The Labute approximate surface area is 251 Å². The summed E-state index contributed by atoms with van der Waals surface area (Å²) in [6.07, 6.45) is 0. The predicted octanol–water partition coefficient (Wildman–Crippen LogP) is 10.4. The van der Waals surface area contributed by atoms with Gasteiger partial charge >= 0.3 is 25.8 Å². The summed E-state index contributed by atoms with van der Waals surface area (Å²) in [4.78, 5) is 5.14. The Morgan fingerprint density at radius 2 is 1.32 bits per heavy atom. The largest absolute Gasteiger partial charge is 4.00 e. The van der Waals surface area contributed by atoms with E-state index in [1.54, 1.807) is 0 Å². The van der Waals surface area contributed by atoms with E-state index >= 15 is 0 Å². The molecule has 1 aromatic heterocycles. The van der Waals surface area contributed by atoms with Crippen molar-refractivity contribution in [3.8, 4) is 11.3 Å². The van der Waals surface area contributed by atoms with Crippen molar-refractivity contribution in [3.63, 3.8) is 0 Å². The molecule has 0 radical (unpaired) electrons. The van der Waals surface area contributed by atoms with E-state index in [-0.39, 0.29) is 46.7 Å². The first-order valence-corrected chi connectivity index (χ1v) is 12.6. The van der Waals surface area contributed by atoms with Crippen molar-refractivity contribution >= 4 is 5.69 Å². The molecule has 0 aliphatic carbocycles. The predicted molar refractivity (Wildman–Crippen MR) is 161 cm³/mol. The molecule has 0 amide bonds. The number of pyridine rings is 1. The summed E-state index contributed by atoms with van der Waals surface area (Å²) in [6, 6.07) is 28.6. The van der Waals surface area contributed by atoms with Gasteiger partial charge in [-0.15, -0.1) is 41.6 Å². The molecule has 4 aromatic rings. The summed E-state index contributed by atoms with van der Waals surface area (Å²) >= 11 is 0. The second-order valence-corrected chi connectivity index (χ2v) is 10.2. The minimum absolute atomic E-state index is 0. The standard InChI is InChI=1S/C33H36N2.2CH3.Hf/c1-21(2)27-15-11-16-28(22(3)4)32(27)35-33(31-24(6)19-23(5)20-25(31)7)30-18-12-17-29(34-30)26-13-9-8-10-14-26;;;/h8-13,15-22,33H,1-7H3;2*1H3;/q-2;2*-1;+4. The number of hydrogen-bond acceptors (Lipinski definition) is 1. The SMILES string of the molecule is Cc1cc(C)c(C([N-]c2c(C(C)C)cccc2C(C)C)c2cccc(-c3[c-]cccc3)n2)c(C)c1.[CH3-].[CH3-].[Hf+4]. The molecule has 0 aliphatic rings. The Kier molecular flexibility index (Phi) is 12.9. The number of aromatic nitrogens is 1. The molecule has 0 fully saturated rings. The van der Waals surface area contributed by atoms with Gasteiger partial charge in [0.2, 0.25) is 0 Å².